The van der Waals surface area contributed by atoms with Crippen LogP contribution in [-0.2, 0) is 5.41 Å². The van der Waals surface area contributed by atoms with Crippen LogP contribution in [0, 0.1) is 5.92 Å². The highest BCUT2D eigenvalue weighted by Crippen LogP contribution is 2.49. The number of hydrogen-bond donors (Lipinski definition) is 1. The van der Waals surface area contributed by atoms with E-state index >= 15 is 0 Å². The Bertz CT molecular complexity index is 604. The molecule has 0 amide bonds. The van der Waals surface area contributed by atoms with Gasteiger partial charge in [0.05, 0.1) is 0 Å². The van der Waals surface area contributed by atoms with Crippen LogP contribution in [0.4, 0.5) is 0 Å². The van der Waals surface area contributed by atoms with Crippen molar-refractivity contribution in [3.05, 3.63) is 48.0 Å². The molecule has 104 valence electrons. The Morgan fingerprint density at radius 3 is 2.50 bits per heavy atom. The maximum absolute atomic E-state index is 3.58. The monoisotopic (exact) mass is 265 g/mol. The molecule has 1 N–H and O–H groups in total. The summed E-state index contributed by atoms with van der Waals surface area (Å²) in [5.41, 5.74) is 2.05. The van der Waals surface area contributed by atoms with Crippen molar-refractivity contribution in [2.24, 2.45) is 5.92 Å². The van der Waals surface area contributed by atoms with E-state index in [1.807, 2.05) is 0 Å². The van der Waals surface area contributed by atoms with Gasteiger partial charge in [0.15, 0.2) is 0 Å². The molecule has 0 spiro atoms. The highest BCUT2D eigenvalue weighted by molar-refractivity contribution is 5.83. The van der Waals surface area contributed by atoms with Gasteiger partial charge in [0.1, 0.15) is 0 Å². The Kier molecular flexibility index (Phi) is 3.03. The third kappa shape index (κ3) is 1.88. The Balaban J connectivity index is 1.81. The highest BCUT2D eigenvalue weighted by Gasteiger charge is 2.43. The van der Waals surface area contributed by atoms with Gasteiger partial charge in [0, 0.05) is 0 Å². The van der Waals surface area contributed by atoms with Crippen molar-refractivity contribution in [2.75, 3.05) is 13.1 Å². The average Bonchev–Trinajstić information content (AvgIpc) is 3.18. The van der Waals surface area contributed by atoms with E-state index in [0.29, 0.717) is 5.41 Å². The van der Waals surface area contributed by atoms with E-state index < -0.39 is 0 Å². The minimum absolute atomic E-state index is 0.452. The maximum atomic E-state index is 3.58. The number of fused-ring (bicyclic) bond motifs is 1. The summed E-state index contributed by atoms with van der Waals surface area (Å²) in [6.45, 7) is 2.42. The molecule has 1 atom stereocenters. The van der Waals surface area contributed by atoms with Crippen molar-refractivity contribution in [1.29, 1.82) is 0 Å². The largest absolute Gasteiger partial charge is 0.316 e. The summed E-state index contributed by atoms with van der Waals surface area (Å²) in [6.07, 6.45) is 6.94. The molecule has 2 aliphatic rings. The molecule has 1 nitrogen and oxygen atoms in total. The van der Waals surface area contributed by atoms with E-state index in [4.69, 9.17) is 0 Å². The number of benzene rings is 2. The molecule has 2 fully saturated rings. The molecule has 0 bridgehead atoms. The maximum Gasteiger partial charge on any atom is -0.000597 e. The zero-order valence-corrected chi connectivity index (χ0v) is 12.1. The summed E-state index contributed by atoms with van der Waals surface area (Å²) in [7, 11) is 0. The molecule has 1 heteroatoms. The van der Waals surface area contributed by atoms with Gasteiger partial charge in [-0.3, -0.25) is 0 Å². The van der Waals surface area contributed by atoms with Crippen LogP contribution in [0.15, 0.2) is 42.5 Å². The van der Waals surface area contributed by atoms with Gasteiger partial charge in [0.25, 0.3) is 0 Å². The molecule has 2 aromatic carbocycles. The smallest absolute Gasteiger partial charge is 0.000597 e. The fourth-order valence-electron chi connectivity index (χ4n) is 4.56. The number of rotatable bonds is 2. The lowest BCUT2D eigenvalue weighted by Gasteiger charge is -2.36. The van der Waals surface area contributed by atoms with Gasteiger partial charge in [-0.05, 0) is 60.0 Å². The highest BCUT2D eigenvalue weighted by atomic mass is 14.9. The van der Waals surface area contributed by atoms with Gasteiger partial charge in [0.2, 0.25) is 0 Å². The minimum Gasteiger partial charge on any atom is -0.316 e. The molecule has 2 aromatic rings. The standard InChI is InChI=1S/C19H23N/c1-2-6-16-13-17(8-7-15(16)5-1)19(10-3-4-11-19)18-9-12-20-14-18/h1-2,5-8,13,18,20H,3-4,9-12,14H2/t18-/m0/s1. The Hall–Kier alpha value is -1.34. The molecule has 20 heavy (non-hydrogen) atoms. The van der Waals surface area contributed by atoms with Gasteiger partial charge in [-0.2, -0.15) is 0 Å². The van der Waals surface area contributed by atoms with Gasteiger partial charge in [-0.15, -0.1) is 0 Å². The van der Waals surface area contributed by atoms with Crippen molar-refractivity contribution in [2.45, 2.75) is 37.5 Å². The van der Waals surface area contributed by atoms with Gasteiger partial charge in [-0.25, -0.2) is 0 Å². The quantitative estimate of drug-likeness (QED) is 0.855. The van der Waals surface area contributed by atoms with Crippen LogP contribution in [0.1, 0.15) is 37.7 Å². The second-order valence-electron chi connectivity index (χ2n) is 6.61. The lowest BCUT2D eigenvalue weighted by atomic mass is 9.68. The van der Waals surface area contributed by atoms with Crippen molar-refractivity contribution in [1.82, 2.24) is 5.32 Å². The number of nitrogens with one attached hydrogen (secondary N) is 1. The van der Waals surface area contributed by atoms with E-state index in [0.717, 1.165) is 5.92 Å². The van der Waals surface area contributed by atoms with E-state index in [1.54, 1.807) is 5.56 Å². The molecule has 4 rings (SSSR count). The van der Waals surface area contributed by atoms with Gasteiger partial charge >= 0.3 is 0 Å². The minimum atomic E-state index is 0.452. The first-order valence-corrected chi connectivity index (χ1v) is 8.08. The fraction of sp³-hybridized carbons (Fsp3) is 0.474. The molecule has 1 saturated heterocycles. The molecular weight excluding hydrogens is 242 g/mol. The summed E-state index contributed by atoms with van der Waals surface area (Å²) < 4.78 is 0. The van der Waals surface area contributed by atoms with Crippen molar-refractivity contribution >= 4 is 10.8 Å². The van der Waals surface area contributed by atoms with Crippen LogP contribution >= 0.6 is 0 Å². The SMILES string of the molecule is c1ccc2cc(C3([C@H]4CCNC4)CCCC3)ccc2c1. The van der Waals surface area contributed by atoms with Crippen LogP contribution in [0.2, 0.25) is 0 Å². The van der Waals surface area contributed by atoms with E-state index in [2.05, 4.69) is 47.8 Å². The summed E-state index contributed by atoms with van der Waals surface area (Å²) in [6, 6.07) is 16.0. The predicted molar refractivity (Wildman–Crippen MR) is 85.1 cm³/mol. The molecule has 1 aliphatic carbocycles. The third-order valence-electron chi connectivity index (χ3n) is 5.66. The van der Waals surface area contributed by atoms with Crippen LogP contribution in [0.25, 0.3) is 10.8 Å². The summed E-state index contributed by atoms with van der Waals surface area (Å²) in [5.74, 6) is 0.839. The second kappa shape index (κ2) is 4.89. The summed E-state index contributed by atoms with van der Waals surface area (Å²) >= 11 is 0. The second-order valence-corrected chi connectivity index (χ2v) is 6.61. The van der Waals surface area contributed by atoms with Crippen LogP contribution < -0.4 is 5.32 Å². The summed E-state index contributed by atoms with van der Waals surface area (Å²) in [4.78, 5) is 0. The Labute approximate surface area is 121 Å². The molecule has 1 saturated carbocycles. The first kappa shape index (κ1) is 12.4. The third-order valence-corrected chi connectivity index (χ3v) is 5.66. The topological polar surface area (TPSA) is 12.0 Å². The Morgan fingerprint density at radius 2 is 1.75 bits per heavy atom. The molecular formula is C19H23N. The molecule has 0 aromatic heterocycles. The lowest BCUT2D eigenvalue weighted by Crippen LogP contribution is -2.33. The van der Waals surface area contributed by atoms with Gasteiger partial charge in [-0.1, -0.05) is 55.3 Å². The zero-order valence-electron chi connectivity index (χ0n) is 12.1. The van der Waals surface area contributed by atoms with Crippen LogP contribution in [0.3, 0.4) is 0 Å². The average molecular weight is 265 g/mol. The van der Waals surface area contributed by atoms with Crippen molar-refractivity contribution in [3.8, 4) is 0 Å². The fourth-order valence-corrected chi connectivity index (χ4v) is 4.56. The molecule has 1 heterocycles. The lowest BCUT2D eigenvalue weighted by molar-refractivity contribution is 0.292. The molecule has 0 radical (unpaired) electrons. The Morgan fingerprint density at radius 1 is 0.950 bits per heavy atom. The summed E-state index contributed by atoms with van der Waals surface area (Å²) in [5, 5.41) is 6.36. The number of hydrogen-bond acceptors (Lipinski definition) is 1. The van der Waals surface area contributed by atoms with Gasteiger partial charge < -0.3 is 5.32 Å². The van der Waals surface area contributed by atoms with E-state index in [1.165, 1.54) is 56.0 Å². The predicted octanol–water partition coefficient (Wildman–Crippen LogP) is 4.26. The first-order chi connectivity index (χ1) is 9.88. The van der Waals surface area contributed by atoms with Crippen molar-refractivity contribution < 1.29 is 0 Å². The van der Waals surface area contributed by atoms with Crippen LogP contribution in [0.5, 0.6) is 0 Å². The molecule has 1 aliphatic heterocycles. The van der Waals surface area contributed by atoms with Crippen LogP contribution in [-0.4, -0.2) is 13.1 Å². The van der Waals surface area contributed by atoms with E-state index in [-0.39, 0.29) is 0 Å². The van der Waals surface area contributed by atoms with E-state index in [9.17, 15) is 0 Å². The zero-order chi connectivity index (χ0) is 13.4. The molecule has 0 unspecified atom stereocenters. The van der Waals surface area contributed by atoms with Crippen molar-refractivity contribution in [3.63, 3.8) is 0 Å². The first-order valence-electron chi connectivity index (χ1n) is 8.08. The normalized spacial score (nSPS) is 25.3.